The van der Waals surface area contributed by atoms with Crippen LogP contribution in [0, 0.1) is 0 Å². The Kier molecular flexibility index (Phi) is 4.81. The van der Waals surface area contributed by atoms with Crippen LogP contribution in [0.1, 0.15) is 35.7 Å². The number of thiazole rings is 1. The molecule has 0 saturated heterocycles. The van der Waals surface area contributed by atoms with Crippen molar-refractivity contribution in [1.29, 1.82) is 0 Å². The fraction of sp³-hybridized carbons (Fsp3) is 0.316. The Labute approximate surface area is 156 Å². The number of rotatable bonds is 7. The maximum absolute atomic E-state index is 12.3. The predicted molar refractivity (Wildman–Crippen MR) is 102 cm³/mol. The molecule has 4 rings (SSSR count). The van der Waals surface area contributed by atoms with Crippen LogP contribution < -0.4 is 11.1 Å². The lowest BCUT2D eigenvalue weighted by Gasteiger charge is -2.09. The molecule has 1 fully saturated rings. The second kappa shape index (κ2) is 7.39. The van der Waals surface area contributed by atoms with Gasteiger partial charge in [-0.25, -0.2) is 9.97 Å². The van der Waals surface area contributed by atoms with Gasteiger partial charge >= 0.3 is 0 Å². The van der Waals surface area contributed by atoms with Gasteiger partial charge in [-0.15, -0.1) is 11.3 Å². The van der Waals surface area contributed by atoms with Crippen molar-refractivity contribution in [3.8, 4) is 0 Å². The largest absolute Gasteiger partial charge is 0.333 e. The van der Waals surface area contributed by atoms with Gasteiger partial charge in [0.2, 0.25) is 5.91 Å². The van der Waals surface area contributed by atoms with Crippen LogP contribution in [0.25, 0.3) is 0 Å². The summed E-state index contributed by atoms with van der Waals surface area (Å²) < 4.78 is 2.00. The summed E-state index contributed by atoms with van der Waals surface area (Å²) >= 11 is 1.46. The SMILES string of the molecule is N[C@@H](Cc1cn(Cc2ccccc2)cn1)C(=O)Nc1nc(C2CC2)cs1. The van der Waals surface area contributed by atoms with E-state index in [0.29, 0.717) is 17.5 Å². The first kappa shape index (κ1) is 16.9. The number of aromatic nitrogens is 3. The fourth-order valence-corrected chi connectivity index (χ4v) is 3.61. The van der Waals surface area contributed by atoms with Crippen molar-refractivity contribution in [1.82, 2.24) is 14.5 Å². The monoisotopic (exact) mass is 367 g/mol. The van der Waals surface area contributed by atoms with E-state index in [0.717, 1.165) is 17.9 Å². The smallest absolute Gasteiger partial charge is 0.243 e. The number of anilines is 1. The Bertz CT molecular complexity index is 884. The third kappa shape index (κ3) is 4.17. The van der Waals surface area contributed by atoms with Crippen LogP contribution in [0.2, 0.25) is 0 Å². The van der Waals surface area contributed by atoms with E-state index in [2.05, 4.69) is 27.4 Å². The molecule has 1 aliphatic rings. The van der Waals surface area contributed by atoms with E-state index in [9.17, 15) is 4.79 Å². The van der Waals surface area contributed by atoms with Gasteiger partial charge < -0.3 is 15.6 Å². The maximum atomic E-state index is 12.3. The third-order valence-corrected chi connectivity index (χ3v) is 5.18. The Morgan fingerprint density at radius 3 is 2.92 bits per heavy atom. The lowest BCUT2D eigenvalue weighted by atomic mass is 10.1. The number of benzene rings is 1. The number of nitrogens with two attached hydrogens (primary N) is 1. The fourth-order valence-electron chi connectivity index (χ4n) is 2.82. The molecule has 1 aromatic carbocycles. The van der Waals surface area contributed by atoms with E-state index in [-0.39, 0.29) is 5.91 Å². The van der Waals surface area contributed by atoms with Crippen LogP contribution in [0.5, 0.6) is 0 Å². The maximum Gasteiger partial charge on any atom is 0.243 e. The zero-order valence-corrected chi connectivity index (χ0v) is 15.2. The highest BCUT2D eigenvalue weighted by molar-refractivity contribution is 7.13. The third-order valence-electron chi connectivity index (χ3n) is 4.41. The van der Waals surface area contributed by atoms with E-state index in [4.69, 9.17) is 5.73 Å². The average Bonchev–Trinajstić information content (AvgIpc) is 3.24. The van der Waals surface area contributed by atoms with Crippen LogP contribution in [-0.2, 0) is 17.8 Å². The molecule has 1 atom stereocenters. The standard InChI is InChI=1S/C19H21N5OS/c20-16(18(25)23-19-22-17(11-26-19)14-6-7-14)8-15-10-24(12-21-15)9-13-4-2-1-3-5-13/h1-5,10-12,14,16H,6-9,20H2,(H,22,23,25)/t16-/m0/s1. The first-order valence-corrected chi connectivity index (χ1v) is 9.62. The lowest BCUT2D eigenvalue weighted by Crippen LogP contribution is -2.37. The van der Waals surface area contributed by atoms with Gasteiger partial charge in [0.15, 0.2) is 5.13 Å². The summed E-state index contributed by atoms with van der Waals surface area (Å²) in [6, 6.07) is 9.52. The lowest BCUT2D eigenvalue weighted by molar-refractivity contribution is -0.117. The van der Waals surface area contributed by atoms with Crippen LogP contribution in [-0.4, -0.2) is 26.5 Å². The van der Waals surface area contributed by atoms with Crippen molar-refractivity contribution in [2.45, 2.75) is 37.8 Å². The molecule has 3 aromatic rings. The molecular formula is C19H21N5OS. The number of carbonyl (C=O) groups excluding carboxylic acids is 1. The molecule has 1 amide bonds. The van der Waals surface area contributed by atoms with E-state index in [1.807, 2.05) is 34.3 Å². The number of nitrogens with zero attached hydrogens (tertiary/aromatic N) is 3. The molecular weight excluding hydrogens is 346 g/mol. The zero-order valence-electron chi connectivity index (χ0n) is 14.3. The molecule has 0 radical (unpaired) electrons. The highest BCUT2D eigenvalue weighted by atomic mass is 32.1. The van der Waals surface area contributed by atoms with Crippen molar-refractivity contribution in [3.63, 3.8) is 0 Å². The number of imidazole rings is 1. The van der Waals surface area contributed by atoms with Gasteiger partial charge in [-0.05, 0) is 18.4 Å². The molecule has 0 unspecified atom stereocenters. The minimum absolute atomic E-state index is 0.223. The highest BCUT2D eigenvalue weighted by Crippen LogP contribution is 2.40. The summed E-state index contributed by atoms with van der Waals surface area (Å²) in [5.41, 5.74) is 9.14. The molecule has 7 heteroatoms. The first-order valence-electron chi connectivity index (χ1n) is 8.74. The normalized spacial score (nSPS) is 15.0. The van der Waals surface area contributed by atoms with Crippen LogP contribution in [0.15, 0.2) is 48.2 Å². The Morgan fingerprint density at radius 2 is 2.15 bits per heavy atom. The molecule has 2 aromatic heterocycles. The van der Waals surface area contributed by atoms with E-state index < -0.39 is 6.04 Å². The molecule has 2 heterocycles. The van der Waals surface area contributed by atoms with Gasteiger partial charge in [0, 0.05) is 30.5 Å². The second-order valence-corrected chi connectivity index (χ2v) is 7.53. The Balaban J connectivity index is 1.32. The van der Waals surface area contributed by atoms with Crippen molar-refractivity contribution in [2.24, 2.45) is 5.73 Å². The van der Waals surface area contributed by atoms with Crippen molar-refractivity contribution in [3.05, 3.63) is 65.2 Å². The summed E-state index contributed by atoms with van der Waals surface area (Å²) in [6.07, 6.45) is 6.50. The first-order chi connectivity index (χ1) is 12.7. The Morgan fingerprint density at radius 1 is 1.35 bits per heavy atom. The summed E-state index contributed by atoms with van der Waals surface area (Å²) in [5.74, 6) is 0.360. The quantitative estimate of drug-likeness (QED) is 0.672. The summed E-state index contributed by atoms with van der Waals surface area (Å²) in [4.78, 5) is 21.1. The minimum Gasteiger partial charge on any atom is -0.333 e. The van der Waals surface area contributed by atoms with Crippen molar-refractivity contribution in [2.75, 3.05) is 5.32 Å². The number of nitrogens with one attached hydrogen (secondary N) is 1. The van der Waals surface area contributed by atoms with E-state index >= 15 is 0 Å². The molecule has 0 bridgehead atoms. The van der Waals surface area contributed by atoms with E-state index in [1.54, 1.807) is 6.33 Å². The predicted octanol–water partition coefficient (Wildman–Crippen LogP) is 2.77. The van der Waals surface area contributed by atoms with Gasteiger partial charge in [0.05, 0.1) is 23.8 Å². The minimum atomic E-state index is -0.650. The van der Waals surface area contributed by atoms with Gasteiger partial charge in [0.1, 0.15) is 0 Å². The van der Waals surface area contributed by atoms with Crippen molar-refractivity contribution >= 4 is 22.4 Å². The van der Waals surface area contributed by atoms with Crippen LogP contribution >= 0.6 is 11.3 Å². The molecule has 1 saturated carbocycles. The molecule has 0 aliphatic heterocycles. The molecule has 134 valence electrons. The van der Waals surface area contributed by atoms with Crippen LogP contribution in [0.3, 0.4) is 0 Å². The number of amides is 1. The Hall–Kier alpha value is -2.51. The number of hydrogen-bond acceptors (Lipinski definition) is 5. The summed E-state index contributed by atoms with van der Waals surface area (Å²) in [5, 5.41) is 5.47. The molecule has 26 heavy (non-hydrogen) atoms. The number of hydrogen-bond donors (Lipinski definition) is 2. The van der Waals surface area contributed by atoms with Crippen LogP contribution in [0.4, 0.5) is 5.13 Å². The molecule has 3 N–H and O–H groups in total. The van der Waals surface area contributed by atoms with Gasteiger partial charge in [-0.3, -0.25) is 4.79 Å². The molecule has 0 spiro atoms. The van der Waals surface area contributed by atoms with Crippen molar-refractivity contribution < 1.29 is 4.79 Å². The summed E-state index contributed by atoms with van der Waals surface area (Å²) in [6.45, 7) is 0.748. The zero-order chi connectivity index (χ0) is 17.9. The second-order valence-electron chi connectivity index (χ2n) is 6.67. The molecule has 1 aliphatic carbocycles. The number of carbonyl (C=O) groups is 1. The topological polar surface area (TPSA) is 85.8 Å². The van der Waals surface area contributed by atoms with Gasteiger partial charge in [-0.1, -0.05) is 30.3 Å². The van der Waals surface area contributed by atoms with Gasteiger partial charge in [0.25, 0.3) is 0 Å². The average molecular weight is 367 g/mol. The molecule has 6 nitrogen and oxygen atoms in total. The van der Waals surface area contributed by atoms with E-state index in [1.165, 1.54) is 29.7 Å². The highest BCUT2D eigenvalue weighted by Gasteiger charge is 2.26. The summed E-state index contributed by atoms with van der Waals surface area (Å²) in [7, 11) is 0. The van der Waals surface area contributed by atoms with Gasteiger partial charge in [-0.2, -0.15) is 0 Å².